The predicted molar refractivity (Wildman–Crippen MR) is 117 cm³/mol. The molecule has 6 heteroatoms. The molecule has 0 bridgehead atoms. The van der Waals surface area contributed by atoms with Crippen LogP contribution in [-0.2, 0) is 13.1 Å². The summed E-state index contributed by atoms with van der Waals surface area (Å²) in [7, 11) is 0. The molecular weight excluding hydrogens is 437 g/mol. The average Bonchev–Trinajstić information content (AvgIpc) is 3.15. The summed E-state index contributed by atoms with van der Waals surface area (Å²) in [6.07, 6.45) is 1.97. The summed E-state index contributed by atoms with van der Waals surface area (Å²) < 4.78 is 1.88. The summed E-state index contributed by atoms with van der Waals surface area (Å²) in [5, 5.41) is 11.2. The summed E-state index contributed by atoms with van der Waals surface area (Å²) in [4.78, 5) is 4.62. The Labute approximate surface area is 171 Å². The van der Waals surface area contributed by atoms with E-state index in [4.69, 9.17) is 0 Å². The second-order valence-corrected chi connectivity index (χ2v) is 5.62. The molecule has 26 heavy (non-hydrogen) atoms. The van der Waals surface area contributed by atoms with E-state index in [1.54, 1.807) is 0 Å². The Hall–Kier alpha value is -2.35. The first-order valence-corrected chi connectivity index (χ1v) is 8.51. The van der Waals surface area contributed by atoms with Crippen molar-refractivity contribution in [2.75, 3.05) is 6.54 Å². The van der Waals surface area contributed by atoms with Gasteiger partial charge in [-0.3, -0.25) is 0 Å². The number of guanidine groups is 1. The number of halogens is 1. The van der Waals surface area contributed by atoms with Crippen molar-refractivity contribution in [1.82, 2.24) is 20.4 Å². The topological polar surface area (TPSA) is 54.2 Å². The summed E-state index contributed by atoms with van der Waals surface area (Å²) in [6, 6.07) is 22.3. The molecule has 136 valence electrons. The molecule has 0 saturated heterocycles. The summed E-state index contributed by atoms with van der Waals surface area (Å²) in [6.45, 7) is 4.15. The van der Waals surface area contributed by atoms with Crippen LogP contribution in [0.15, 0.2) is 77.9 Å². The van der Waals surface area contributed by atoms with E-state index in [9.17, 15) is 0 Å². The molecule has 0 atom stereocenters. The molecule has 0 saturated carbocycles. The van der Waals surface area contributed by atoms with Crippen LogP contribution < -0.4 is 10.6 Å². The number of rotatable bonds is 6. The van der Waals surface area contributed by atoms with E-state index in [0.29, 0.717) is 13.1 Å². The standard InChI is InChI=1S/C20H23N5.HI/c1-2-21-20(22-15-17-9-5-3-6-10-17)23-16-18-13-14-25(24-18)19-11-7-4-8-12-19;/h3-14H,2,15-16H2,1H3,(H2,21,22,23);1H. The van der Waals surface area contributed by atoms with E-state index in [1.807, 2.05) is 65.5 Å². The van der Waals surface area contributed by atoms with Gasteiger partial charge >= 0.3 is 0 Å². The van der Waals surface area contributed by atoms with Crippen molar-refractivity contribution in [3.63, 3.8) is 0 Å². The lowest BCUT2D eigenvalue weighted by atomic mass is 10.2. The van der Waals surface area contributed by atoms with Crippen molar-refractivity contribution >= 4 is 29.9 Å². The third-order valence-corrected chi connectivity index (χ3v) is 3.71. The number of para-hydroxylation sites is 1. The minimum Gasteiger partial charge on any atom is -0.357 e. The fourth-order valence-electron chi connectivity index (χ4n) is 2.45. The fraction of sp³-hybridized carbons (Fsp3) is 0.200. The van der Waals surface area contributed by atoms with E-state index in [1.165, 1.54) is 5.56 Å². The SMILES string of the molecule is CCNC(=NCc1ccccc1)NCc1ccn(-c2ccccc2)n1.I. The summed E-state index contributed by atoms with van der Waals surface area (Å²) in [5.41, 5.74) is 3.21. The lowest BCUT2D eigenvalue weighted by molar-refractivity contribution is 0.770. The van der Waals surface area contributed by atoms with Crippen LogP contribution in [0, 0.1) is 0 Å². The molecule has 0 radical (unpaired) electrons. The average molecular weight is 461 g/mol. The lowest BCUT2D eigenvalue weighted by Crippen LogP contribution is -2.36. The van der Waals surface area contributed by atoms with Crippen molar-refractivity contribution < 1.29 is 0 Å². The molecule has 0 fully saturated rings. The van der Waals surface area contributed by atoms with Gasteiger partial charge in [0.2, 0.25) is 0 Å². The minimum atomic E-state index is 0. The molecule has 0 aliphatic heterocycles. The van der Waals surface area contributed by atoms with Crippen LogP contribution in [0.3, 0.4) is 0 Å². The van der Waals surface area contributed by atoms with Crippen molar-refractivity contribution in [2.45, 2.75) is 20.0 Å². The maximum Gasteiger partial charge on any atom is 0.191 e. The Morgan fingerprint density at radius 3 is 2.35 bits per heavy atom. The van der Waals surface area contributed by atoms with Gasteiger partial charge in [0.1, 0.15) is 0 Å². The Morgan fingerprint density at radius 2 is 1.65 bits per heavy atom. The van der Waals surface area contributed by atoms with E-state index >= 15 is 0 Å². The third-order valence-electron chi connectivity index (χ3n) is 3.71. The summed E-state index contributed by atoms with van der Waals surface area (Å²) >= 11 is 0. The molecule has 1 aromatic heterocycles. The maximum absolute atomic E-state index is 4.62. The fourth-order valence-corrected chi connectivity index (χ4v) is 2.45. The van der Waals surface area contributed by atoms with Gasteiger partial charge in [0.25, 0.3) is 0 Å². The molecule has 1 heterocycles. The number of hydrogen-bond donors (Lipinski definition) is 2. The highest BCUT2D eigenvalue weighted by Gasteiger charge is 2.03. The Kier molecular flexibility index (Phi) is 8.14. The van der Waals surface area contributed by atoms with E-state index in [2.05, 4.69) is 39.8 Å². The number of nitrogens with one attached hydrogen (secondary N) is 2. The van der Waals surface area contributed by atoms with Crippen molar-refractivity contribution in [3.05, 3.63) is 84.2 Å². The quantitative estimate of drug-likeness (QED) is 0.334. The zero-order chi connectivity index (χ0) is 17.3. The molecule has 2 aromatic carbocycles. The highest BCUT2D eigenvalue weighted by Crippen LogP contribution is 2.06. The molecule has 0 aliphatic carbocycles. The van der Waals surface area contributed by atoms with Crippen LogP contribution >= 0.6 is 24.0 Å². The second-order valence-electron chi connectivity index (χ2n) is 5.62. The van der Waals surface area contributed by atoms with Crippen LogP contribution in [-0.4, -0.2) is 22.3 Å². The Bertz CT molecular complexity index is 799. The van der Waals surface area contributed by atoms with Gasteiger partial charge in [0.05, 0.1) is 24.5 Å². The molecule has 0 unspecified atom stereocenters. The molecular formula is C20H24IN5. The number of aromatic nitrogens is 2. The first kappa shape index (κ1) is 20.0. The number of hydrogen-bond acceptors (Lipinski definition) is 2. The van der Waals surface area contributed by atoms with E-state index in [0.717, 1.165) is 23.9 Å². The van der Waals surface area contributed by atoms with E-state index in [-0.39, 0.29) is 24.0 Å². The van der Waals surface area contributed by atoms with Crippen LogP contribution in [0.2, 0.25) is 0 Å². The number of nitrogens with zero attached hydrogens (tertiary/aromatic N) is 3. The largest absolute Gasteiger partial charge is 0.357 e. The normalized spacial score (nSPS) is 10.9. The molecule has 2 N–H and O–H groups in total. The van der Waals surface area contributed by atoms with Gasteiger partial charge in [-0.15, -0.1) is 24.0 Å². The molecule has 0 spiro atoms. The van der Waals surface area contributed by atoms with Gasteiger partial charge in [-0.2, -0.15) is 5.10 Å². The second kappa shape index (κ2) is 10.6. The molecule has 3 aromatic rings. The molecule has 3 rings (SSSR count). The van der Waals surface area contributed by atoms with Gasteiger partial charge in [-0.05, 0) is 30.7 Å². The molecule has 0 amide bonds. The van der Waals surface area contributed by atoms with Gasteiger partial charge < -0.3 is 10.6 Å². The number of aliphatic imine (C=N–C) groups is 1. The first-order valence-electron chi connectivity index (χ1n) is 8.51. The first-order chi connectivity index (χ1) is 12.3. The van der Waals surface area contributed by atoms with Gasteiger partial charge in [0, 0.05) is 12.7 Å². The minimum absolute atomic E-state index is 0. The Morgan fingerprint density at radius 1 is 0.962 bits per heavy atom. The highest BCUT2D eigenvalue weighted by molar-refractivity contribution is 14.0. The van der Waals surface area contributed by atoms with Crippen LogP contribution in [0.25, 0.3) is 5.69 Å². The highest BCUT2D eigenvalue weighted by atomic mass is 127. The van der Waals surface area contributed by atoms with Gasteiger partial charge in [-0.25, -0.2) is 9.67 Å². The smallest absolute Gasteiger partial charge is 0.191 e. The maximum atomic E-state index is 4.62. The summed E-state index contributed by atoms with van der Waals surface area (Å²) in [5.74, 6) is 0.792. The van der Waals surface area contributed by atoms with Crippen LogP contribution in [0.4, 0.5) is 0 Å². The molecule has 0 aliphatic rings. The predicted octanol–water partition coefficient (Wildman–Crippen LogP) is 3.75. The van der Waals surface area contributed by atoms with Crippen LogP contribution in [0.1, 0.15) is 18.2 Å². The van der Waals surface area contributed by atoms with Crippen molar-refractivity contribution in [1.29, 1.82) is 0 Å². The monoisotopic (exact) mass is 461 g/mol. The van der Waals surface area contributed by atoms with Crippen molar-refractivity contribution in [2.24, 2.45) is 4.99 Å². The van der Waals surface area contributed by atoms with Crippen LogP contribution in [0.5, 0.6) is 0 Å². The number of benzene rings is 2. The van der Waals surface area contributed by atoms with Crippen molar-refractivity contribution in [3.8, 4) is 5.69 Å². The zero-order valence-electron chi connectivity index (χ0n) is 14.8. The Balaban J connectivity index is 0.00000243. The lowest BCUT2D eigenvalue weighted by Gasteiger charge is -2.10. The van der Waals surface area contributed by atoms with Gasteiger partial charge in [0.15, 0.2) is 5.96 Å². The van der Waals surface area contributed by atoms with Gasteiger partial charge in [-0.1, -0.05) is 48.5 Å². The third kappa shape index (κ3) is 5.87. The molecule has 5 nitrogen and oxygen atoms in total. The zero-order valence-corrected chi connectivity index (χ0v) is 17.1. The van der Waals surface area contributed by atoms with E-state index < -0.39 is 0 Å².